The third-order valence-corrected chi connectivity index (χ3v) is 3.61. The zero-order valence-electron chi connectivity index (χ0n) is 10.1. The zero-order chi connectivity index (χ0) is 13.8. The second-order valence-electron chi connectivity index (χ2n) is 3.75. The summed E-state index contributed by atoms with van der Waals surface area (Å²) in [6.07, 6.45) is 0. The van der Waals surface area contributed by atoms with Gasteiger partial charge in [0.1, 0.15) is 0 Å². The average molecular weight is 298 g/mol. The molecular weight excluding hydrogens is 286 g/mol. The van der Waals surface area contributed by atoms with Crippen LogP contribution in [0.4, 0.5) is 11.6 Å². The lowest BCUT2D eigenvalue weighted by molar-refractivity contribution is -0.113. The molecule has 0 aliphatic heterocycles. The van der Waals surface area contributed by atoms with E-state index >= 15 is 0 Å². The van der Waals surface area contributed by atoms with Crippen molar-refractivity contribution in [1.82, 2.24) is 15.2 Å². The van der Waals surface area contributed by atoms with Gasteiger partial charge in [0.2, 0.25) is 17.0 Å². The number of hydrogen-bond acceptors (Lipinski definition) is 5. The van der Waals surface area contributed by atoms with Gasteiger partial charge >= 0.3 is 0 Å². The molecule has 1 heterocycles. The topological polar surface area (TPSA) is 96.7 Å². The minimum absolute atomic E-state index is 0.154. The van der Waals surface area contributed by atoms with Crippen molar-refractivity contribution in [3.05, 3.63) is 28.8 Å². The number of amides is 1. The van der Waals surface area contributed by atoms with E-state index in [4.69, 9.17) is 17.3 Å². The van der Waals surface area contributed by atoms with Gasteiger partial charge in [-0.2, -0.15) is 4.98 Å². The molecule has 4 N–H and O–H groups in total. The van der Waals surface area contributed by atoms with Crippen LogP contribution in [0.1, 0.15) is 5.56 Å². The number of H-pyrrole nitrogens is 1. The summed E-state index contributed by atoms with van der Waals surface area (Å²) >= 11 is 7.18. The minimum atomic E-state index is -0.154. The molecule has 19 heavy (non-hydrogen) atoms. The van der Waals surface area contributed by atoms with Gasteiger partial charge in [0.25, 0.3) is 0 Å². The molecule has 0 saturated heterocycles. The quantitative estimate of drug-likeness (QED) is 0.751. The van der Waals surface area contributed by atoms with Crippen LogP contribution in [0.2, 0.25) is 5.02 Å². The van der Waals surface area contributed by atoms with Crippen LogP contribution >= 0.6 is 23.4 Å². The van der Waals surface area contributed by atoms with Crippen molar-refractivity contribution in [2.75, 3.05) is 16.8 Å². The molecule has 100 valence electrons. The number of nitrogen functional groups attached to an aromatic ring is 1. The highest BCUT2D eigenvalue weighted by Crippen LogP contribution is 2.23. The van der Waals surface area contributed by atoms with E-state index in [0.29, 0.717) is 15.9 Å². The van der Waals surface area contributed by atoms with Gasteiger partial charge in [-0.3, -0.25) is 4.79 Å². The number of carbonyl (C=O) groups excluding carboxylic acids is 1. The van der Waals surface area contributed by atoms with Gasteiger partial charge in [0.15, 0.2) is 0 Å². The second kappa shape index (κ2) is 5.94. The Morgan fingerprint density at radius 2 is 2.37 bits per heavy atom. The Labute approximate surface area is 119 Å². The van der Waals surface area contributed by atoms with Crippen LogP contribution in [-0.2, 0) is 4.79 Å². The highest BCUT2D eigenvalue weighted by molar-refractivity contribution is 7.99. The molecule has 0 aliphatic rings. The summed E-state index contributed by atoms with van der Waals surface area (Å²) in [4.78, 5) is 15.7. The molecule has 2 aromatic rings. The smallest absolute Gasteiger partial charge is 0.234 e. The molecule has 0 unspecified atom stereocenters. The molecule has 0 aliphatic carbocycles. The highest BCUT2D eigenvalue weighted by Gasteiger charge is 2.09. The number of hydrogen-bond donors (Lipinski definition) is 3. The molecule has 1 aromatic carbocycles. The van der Waals surface area contributed by atoms with Crippen molar-refractivity contribution in [2.45, 2.75) is 12.1 Å². The van der Waals surface area contributed by atoms with Gasteiger partial charge in [0, 0.05) is 10.7 Å². The fraction of sp³-hybridized carbons (Fsp3) is 0.182. The Morgan fingerprint density at radius 3 is 3.05 bits per heavy atom. The molecule has 0 atom stereocenters. The van der Waals surface area contributed by atoms with E-state index in [0.717, 1.165) is 5.56 Å². The number of anilines is 2. The Hall–Kier alpha value is -1.73. The van der Waals surface area contributed by atoms with Crippen molar-refractivity contribution in [2.24, 2.45) is 0 Å². The summed E-state index contributed by atoms with van der Waals surface area (Å²) in [6.45, 7) is 1.85. The first-order valence-corrected chi connectivity index (χ1v) is 6.78. The zero-order valence-corrected chi connectivity index (χ0v) is 11.7. The standard InChI is InChI=1S/C11H12ClN5OS/c1-6-7(12)3-2-4-8(6)14-9(18)5-19-11-15-10(13)16-17-11/h2-4H,5H2,1H3,(H,14,18)(H3,13,15,16,17). The number of rotatable bonds is 4. The van der Waals surface area contributed by atoms with E-state index in [1.807, 2.05) is 6.92 Å². The van der Waals surface area contributed by atoms with Gasteiger partial charge < -0.3 is 11.1 Å². The lowest BCUT2D eigenvalue weighted by atomic mass is 10.2. The third kappa shape index (κ3) is 3.62. The maximum Gasteiger partial charge on any atom is 0.234 e. The van der Waals surface area contributed by atoms with Gasteiger partial charge in [-0.1, -0.05) is 29.4 Å². The fourth-order valence-electron chi connectivity index (χ4n) is 1.38. The maximum atomic E-state index is 11.8. The van der Waals surface area contributed by atoms with Crippen LogP contribution in [0.25, 0.3) is 0 Å². The first-order valence-electron chi connectivity index (χ1n) is 5.42. The molecule has 1 aromatic heterocycles. The predicted octanol–water partition coefficient (Wildman–Crippen LogP) is 2.08. The van der Waals surface area contributed by atoms with Crippen LogP contribution in [0.5, 0.6) is 0 Å². The number of nitrogens with one attached hydrogen (secondary N) is 2. The number of thioether (sulfide) groups is 1. The van der Waals surface area contributed by atoms with Gasteiger partial charge in [-0.25, -0.2) is 5.10 Å². The van der Waals surface area contributed by atoms with Crippen molar-refractivity contribution >= 4 is 40.9 Å². The Kier molecular flexibility index (Phi) is 4.28. The monoisotopic (exact) mass is 297 g/mol. The Morgan fingerprint density at radius 1 is 1.58 bits per heavy atom. The average Bonchev–Trinajstić information content (AvgIpc) is 2.78. The van der Waals surface area contributed by atoms with E-state index in [9.17, 15) is 4.79 Å². The number of aromatic nitrogens is 3. The first kappa shape index (κ1) is 13.7. The SMILES string of the molecule is Cc1c(Cl)cccc1NC(=O)CSc1n[nH]c(N)n1. The number of halogens is 1. The molecular formula is C11H12ClN5OS. The molecule has 2 rings (SSSR count). The second-order valence-corrected chi connectivity index (χ2v) is 5.10. The molecule has 0 spiro atoms. The minimum Gasteiger partial charge on any atom is -0.368 e. The summed E-state index contributed by atoms with van der Waals surface area (Å²) in [7, 11) is 0. The molecule has 0 saturated carbocycles. The summed E-state index contributed by atoms with van der Waals surface area (Å²) in [5, 5.41) is 10.2. The molecule has 6 nitrogen and oxygen atoms in total. The number of nitrogens with two attached hydrogens (primary N) is 1. The van der Waals surface area contributed by atoms with Crippen molar-refractivity contribution < 1.29 is 4.79 Å². The number of carbonyl (C=O) groups is 1. The van der Waals surface area contributed by atoms with Gasteiger partial charge in [-0.05, 0) is 24.6 Å². The van der Waals surface area contributed by atoms with E-state index < -0.39 is 0 Å². The summed E-state index contributed by atoms with van der Waals surface area (Å²) in [5.41, 5.74) is 6.93. The van der Waals surface area contributed by atoms with E-state index in [1.165, 1.54) is 11.8 Å². The van der Waals surface area contributed by atoms with Gasteiger partial charge in [-0.15, -0.1) is 5.10 Å². The first-order chi connectivity index (χ1) is 9.06. The summed E-state index contributed by atoms with van der Waals surface area (Å²) < 4.78 is 0. The number of benzene rings is 1. The Balaban J connectivity index is 1.92. The van der Waals surface area contributed by atoms with Gasteiger partial charge in [0.05, 0.1) is 5.75 Å². The molecule has 0 bridgehead atoms. The highest BCUT2D eigenvalue weighted by atomic mass is 35.5. The van der Waals surface area contributed by atoms with Crippen LogP contribution in [0.3, 0.4) is 0 Å². The number of aromatic amines is 1. The fourth-order valence-corrected chi connectivity index (χ4v) is 2.16. The molecule has 8 heteroatoms. The van der Waals surface area contributed by atoms with Crippen LogP contribution in [-0.4, -0.2) is 26.8 Å². The van der Waals surface area contributed by atoms with Crippen LogP contribution in [0.15, 0.2) is 23.4 Å². The lowest BCUT2D eigenvalue weighted by Crippen LogP contribution is -2.15. The largest absolute Gasteiger partial charge is 0.368 e. The molecule has 1 amide bonds. The maximum absolute atomic E-state index is 11.8. The normalized spacial score (nSPS) is 10.4. The molecule has 0 fully saturated rings. The third-order valence-electron chi connectivity index (χ3n) is 2.36. The lowest BCUT2D eigenvalue weighted by Gasteiger charge is -2.08. The predicted molar refractivity (Wildman–Crippen MR) is 76.3 cm³/mol. The van der Waals surface area contributed by atoms with Crippen molar-refractivity contribution in [3.63, 3.8) is 0 Å². The van der Waals surface area contributed by atoms with Crippen LogP contribution < -0.4 is 11.1 Å². The molecule has 0 radical (unpaired) electrons. The van der Waals surface area contributed by atoms with E-state index in [2.05, 4.69) is 20.5 Å². The number of nitrogens with zero attached hydrogens (tertiary/aromatic N) is 2. The summed E-state index contributed by atoms with van der Waals surface area (Å²) in [6, 6.07) is 5.36. The summed E-state index contributed by atoms with van der Waals surface area (Å²) in [5.74, 6) is 0.274. The van der Waals surface area contributed by atoms with Crippen LogP contribution in [0, 0.1) is 6.92 Å². The Bertz CT molecular complexity index is 601. The van der Waals surface area contributed by atoms with E-state index in [-0.39, 0.29) is 17.6 Å². The van der Waals surface area contributed by atoms with Crippen molar-refractivity contribution in [1.29, 1.82) is 0 Å². The van der Waals surface area contributed by atoms with E-state index in [1.54, 1.807) is 18.2 Å². The van der Waals surface area contributed by atoms with Crippen molar-refractivity contribution in [3.8, 4) is 0 Å².